The van der Waals surface area contributed by atoms with Gasteiger partial charge < -0.3 is 16.0 Å². The fourth-order valence-electron chi connectivity index (χ4n) is 1.44. The van der Waals surface area contributed by atoms with Crippen molar-refractivity contribution in [3.05, 3.63) is 11.9 Å². The number of hydrogen-bond acceptors (Lipinski definition) is 4. The molecule has 1 aromatic heterocycles. The van der Waals surface area contributed by atoms with Crippen LogP contribution in [0.5, 0.6) is 0 Å². The monoisotopic (exact) mass is 253 g/mol. The van der Waals surface area contributed by atoms with Gasteiger partial charge in [0.2, 0.25) is 5.91 Å². The van der Waals surface area contributed by atoms with Crippen molar-refractivity contribution in [2.75, 3.05) is 25.9 Å². The van der Waals surface area contributed by atoms with E-state index in [0.29, 0.717) is 24.5 Å². The number of nitrogens with two attached hydrogens (primary N) is 1. The maximum Gasteiger partial charge on any atom is 0.272 e. The van der Waals surface area contributed by atoms with E-state index in [2.05, 4.69) is 10.4 Å². The first kappa shape index (κ1) is 14.0. The van der Waals surface area contributed by atoms with Gasteiger partial charge in [-0.2, -0.15) is 5.10 Å². The van der Waals surface area contributed by atoms with Crippen LogP contribution in [-0.2, 0) is 11.3 Å². The lowest BCUT2D eigenvalue weighted by molar-refractivity contribution is -0.128. The second-order valence-electron chi connectivity index (χ2n) is 3.85. The predicted molar refractivity (Wildman–Crippen MR) is 68.0 cm³/mol. The highest BCUT2D eigenvalue weighted by Crippen LogP contribution is 2.10. The van der Waals surface area contributed by atoms with Gasteiger partial charge in [0.1, 0.15) is 5.69 Å². The molecule has 0 saturated heterocycles. The Morgan fingerprint density at radius 2 is 2.17 bits per heavy atom. The summed E-state index contributed by atoms with van der Waals surface area (Å²) in [7, 11) is 1.68. The van der Waals surface area contributed by atoms with Crippen LogP contribution in [0.25, 0.3) is 0 Å². The fraction of sp³-hybridized carbons (Fsp3) is 0.545. The number of aromatic nitrogens is 2. The second kappa shape index (κ2) is 6.04. The van der Waals surface area contributed by atoms with Gasteiger partial charge in [0.15, 0.2) is 0 Å². The van der Waals surface area contributed by atoms with E-state index >= 15 is 0 Å². The smallest absolute Gasteiger partial charge is 0.272 e. The molecule has 1 heterocycles. The molecule has 0 radical (unpaired) electrons. The molecule has 7 nitrogen and oxygen atoms in total. The van der Waals surface area contributed by atoms with Crippen LogP contribution in [0.3, 0.4) is 0 Å². The first-order valence-corrected chi connectivity index (χ1v) is 5.84. The Morgan fingerprint density at radius 1 is 1.50 bits per heavy atom. The molecular formula is C11H19N5O2. The van der Waals surface area contributed by atoms with Crippen LogP contribution < -0.4 is 11.1 Å². The first-order chi connectivity index (χ1) is 8.51. The average molecular weight is 253 g/mol. The molecule has 0 unspecified atom stereocenters. The highest BCUT2D eigenvalue weighted by atomic mass is 16.2. The second-order valence-corrected chi connectivity index (χ2v) is 3.85. The van der Waals surface area contributed by atoms with Gasteiger partial charge in [-0.05, 0) is 13.8 Å². The Morgan fingerprint density at radius 3 is 2.72 bits per heavy atom. The van der Waals surface area contributed by atoms with Crippen LogP contribution in [0.15, 0.2) is 6.20 Å². The fourth-order valence-corrected chi connectivity index (χ4v) is 1.44. The lowest BCUT2D eigenvalue weighted by Gasteiger charge is -2.15. The summed E-state index contributed by atoms with van der Waals surface area (Å²) < 4.78 is 1.50. The highest BCUT2D eigenvalue weighted by molar-refractivity contribution is 5.99. The minimum atomic E-state index is -0.385. The van der Waals surface area contributed by atoms with Gasteiger partial charge in [0, 0.05) is 20.1 Å². The van der Waals surface area contributed by atoms with E-state index in [1.54, 1.807) is 7.05 Å². The molecule has 100 valence electrons. The lowest BCUT2D eigenvalue weighted by atomic mass is 10.3. The number of nitrogens with zero attached hydrogens (tertiary/aromatic N) is 3. The van der Waals surface area contributed by atoms with Crippen LogP contribution in [0, 0.1) is 0 Å². The Bertz CT molecular complexity index is 441. The van der Waals surface area contributed by atoms with Gasteiger partial charge in [-0.15, -0.1) is 0 Å². The summed E-state index contributed by atoms with van der Waals surface area (Å²) in [6.45, 7) is 4.83. The summed E-state index contributed by atoms with van der Waals surface area (Å²) in [6.07, 6.45) is 1.43. The van der Waals surface area contributed by atoms with Gasteiger partial charge in [0.05, 0.1) is 18.4 Å². The maximum absolute atomic E-state index is 11.9. The summed E-state index contributed by atoms with van der Waals surface area (Å²) in [5.41, 5.74) is 6.28. The lowest BCUT2D eigenvalue weighted by Crippen LogP contribution is -2.38. The van der Waals surface area contributed by atoms with Crippen molar-refractivity contribution in [2.45, 2.75) is 20.4 Å². The van der Waals surface area contributed by atoms with E-state index in [-0.39, 0.29) is 18.4 Å². The molecule has 0 fully saturated rings. The van der Waals surface area contributed by atoms with Crippen molar-refractivity contribution in [2.24, 2.45) is 0 Å². The van der Waals surface area contributed by atoms with Crippen LogP contribution in [-0.4, -0.2) is 46.6 Å². The Balaban J connectivity index is 2.66. The minimum Gasteiger partial charge on any atom is -0.396 e. The Labute approximate surface area is 106 Å². The molecule has 7 heteroatoms. The number of carbonyl (C=O) groups excluding carboxylic acids is 2. The summed E-state index contributed by atoms with van der Waals surface area (Å²) >= 11 is 0. The Kier molecular flexibility index (Phi) is 4.70. The topological polar surface area (TPSA) is 93.2 Å². The highest BCUT2D eigenvalue weighted by Gasteiger charge is 2.17. The van der Waals surface area contributed by atoms with E-state index in [1.807, 2.05) is 13.8 Å². The van der Waals surface area contributed by atoms with Crippen LogP contribution in [0.4, 0.5) is 5.69 Å². The largest absolute Gasteiger partial charge is 0.396 e. The van der Waals surface area contributed by atoms with Gasteiger partial charge in [-0.25, -0.2) is 0 Å². The molecule has 2 amide bonds. The molecule has 1 aromatic rings. The summed E-state index contributed by atoms with van der Waals surface area (Å²) in [4.78, 5) is 25.0. The molecule has 0 atom stereocenters. The van der Waals surface area contributed by atoms with Gasteiger partial charge in [0.25, 0.3) is 5.91 Å². The number of likely N-dealkylation sites (N-methyl/N-ethyl adjacent to an activating group) is 1. The number of nitrogen functional groups attached to an aromatic ring is 1. The van der Waals surface area contributed by atoms with Crippen molar-refractivity contribution in [1.29, 1.82) is 0 Å². The summed E-state index contributed by atoms with van der Waals surface area (Å²) in [5, 5.41) is 6.51. The predicted octanol–water partition coefficient (Wildman–Crippen LogP) is -0.307. The number of aryl methyl sites for hydroxylation is 1. The molecule has 0 spiro atoms. The van der Waals surface area contributed by atoms with Gasteiger partial charge >= 0.3 is 0 Å². The minimum absolute atomic E-state index is 0.0441. The third-order valence-corrected chi connectivity index (χ3v) is 2.68. The molecule has 0 bridgehead atoms. The van der Waals surface area contributed by atoms with Crippen molar-refractivity contribution >= 4 is 17.5 Å². The number of rotatable bonds is 5. The van der Waals surface area contributed by atoms with Gasteiger partial charge in [-0.3, -0.25) is 14.3 Å². The number of amides is 2. The molecule has 3 N–H and O–H groups in total. The molecule has 0 aromatic carbocycles. The third-order valence-electron chi connectivity index (χ3n) is 2.68. The molecule has 0 saturated carbocycles. The molecule has 1 rings (SSSR count). The normalized spacial score (nSPS) is 10.2. The Hall–Kier alpha value is -2.05. The number of carbonyl (C=O) groups is 2. The maximum atomic E-state index is 11.9. The van der Waals surface area contributed by atoms with Gasteiger partial charge in [-0.1, -0.05) is 0 Å². The molecular weight excluding hydrogens is 234 g/mol. The number of anilines is 1. The van der Waals surface area contributed by atoms with E-state index in [9.17, 15) is 9.59 Å². The zero-order chi connectivity index (χ0) is 13.7. The zero-order valence-electron chi connectivity index (χ0n) is 10.9. The zero-order valence-corrected chi connectivity index (χ0v) is 10.9. The first-order valence-electron chi connectivity index (χ1n) is 5.84. The van der Waals surface area contributed by atoms with Crippen LogP contribution in [0.2, 0.25) is 0 Å². The molecule has 0 aliphatic rings. The van der Waals surface area contributed by atoms with Crippen LogP contribution in [0.1, 0.15) is 24.3 Å². The SMILES string of the molecule is CCN(C)C(=O)CNC(=O)c1c(N)cnn1CC. The van der Waals surface area contributed by atoms with E-state index in [0.717, 1.165) is 0 Å². The summed E-state index contributed by atoms with van der Waals surface area (Å²) in [6, 6.07) is 0. The van der Waals surface area contributed by atoms with Crippen molar-refractivity contribution in [3.63, 3.8) is 0 Å². The molecule has 0 aliphatic heterocycles. The van der Waals surface area contributed by atoms with Crippen LogP contribution >= 0.6 is 0 Å². The van der Waals surface area contributed by atoms with Crippen molar-refractivity contribution in [1.82, 2.24) is 20.0 Å². The average Bonchev–Trinajstić information content (AvgIpc) is 2.75. The molecule has 18 heavy (non-hydrogen) atoms. The quantitative estimate of drug-likeness (QED) is 0.753. The van der Waals surface area contributed by atoms with Crippen molar-refractivity contribution < 1.29 is 9.59 Å². The standard InChI is InChI=1S/C11H19N5O2/c1-4-15(3)9(17)7-13-11(18)10-8(12)6-14-16(10)5-2/h6H,4-5,7,12H2,1-3H3,(H,13,18). The number of nitrogens with one attached hydrogen (secondary N) is 1. The van der Waals surface area contributed by atoms with E-state index in [4.69, 9.17) is 5.73 Å². The third kappa shape index (κ3) is 2.99. The number of hydrogen-bond donors (Lipinski definition) is 2. The summed E-state index contributed by atoms with van der Waals surface area (Å²) in [5.74, 6) is -0.531. The van der Waals surface area contributed by atoms with E-state index in [1.165, 1.54) is 15.8 Å². The molecule has 0 aliphatic carbocycles. The van der Waals surface area contributed by atoms with E-state index < -0.39 is 0 Å². The van der Waals surface area contributed by atoms with Crippen molar-refractivity contribution in [3.8, 4) is 0 Å².